The van der Waals surface area contributed by atoms with E-state index in [1.54, 1.807) is 37.4 Å². The number of esters is 1. The Morgan fingerprint density at radius 2 is 2.03 bits per heavy atom. The number of carbonyl (C=O) groups is 1. The van der Waals surface area contributed by atoms with Crippen LogP contribution in [0.5, 0.6) is 0 Å². The topological polar surface area (TPSA) is 100 Å². The van der Waals surface area contributed by atoms with Crippen molar-refractivity contribution in [1.82, 2.24) is 14.5 Å². The highest BCUT2D eigenvalue weighted by Crippen LogP contribution is 2.29. The summed E-state index contributed by atoms with van der Waals surface area (Å²) in [6.07, 6.45) is 1.74. The largest absolute Gasteiger partial charge is 0.462 e. The van der Waals surface area contributed by atoms with Crippen molar-refractivity contribution in [3.05, 3.63) is 93.8 Å². The van der Waals surface area contributed by atoms with Gasteiger partial charge in [0.15, 0.2) is 5.16 Å². The van der Waals surface area contributed by atoms with Gasteiger partial charge in [0.2, 0.25) is 0 Å². The molecule has 0 aliphatic carbocycles. The van der Waals surface area contributed by atoms with Crippen LogP contribution in [0.15, 0.2) is 72.0 Å². The molecule has 2 heterocycles. The third-order valence-electron chi connectivity index (χ3n) is 4.76. The number of nitrogens with zero attached hydrogens (tertiary/aromatic N) is 4. The minimum absolute atomic E-state index is 0.0594. The molecule has 8 nitrogen and oxygen atoms in total. The number of hydrogen-bond acceptors (Lipinski definition) is 7. The summed E-state index contributed by atoms with van der Waals surface area (Å²) < 4.78 is 7.14. The van der Waals surface area contributed by atoms with Crippen molar-refractivity contribution < 1.29 is 14.5 Å². The molecule has 0 amide bonds. The Labute approximate surface area is 188 Å². The van der Waals surface area contributed by atoms with E-state index >= 15 is 0 Å². The van der Waals surface area contributed by atoms with E-state index in [0.717, 1.165) is 21.9 Å². The van der Waals surface area contributed by atoms with Crippen molar-refractivity contribution in [3.8, 4) is 0 Å². The Morgan fingerprint density at radius 3 is 2.78 bits per heavy atom. The number of ether oxygens (including phenoxy) is 1. The van der Waals surface area contributed by atoms with E-state index in [1.165, 1.54) is 17.8 Å². The monoisotopic (exact) mass is 448 g/mol. The number of benzene rings is 2. The number of nitro benzene ring substituents is 1. The van der Waals surface area contributed by atoms with Gasteiger partial charge in [-0.25, -0.2) is 9.78 Å². The van der Waals surface area contributed by atoms with Crippen LogP contribution in [-0.2, 0) is 17.0 Å². The normalized spacial score (nSPS) is 10.9. The summed E-state index contributed by atoms with van der Waals surface area (Å²) in [5.41, 5.74) is 3.74. The van der Waals surface area contributed by atoms with Gasteiger partial charge in [-0.15, -0.1) is 0 Å². The number of rotatable bonds is 8. The number of pyridine rings is 1. The second-order valence-electron chi connectivity index (χ2n) is 6.94. The molecule has 2 aromatic heterocycles. The first-order chi connectivity index (χ1) is 15.5. The van der Waals surface area contributed by atoms with Crippen molar-refractivity contribution in [2.24, 2.45) is 0 Å². The SMILES string of the molecule is CCOC(=O)c1ccc2c(c1)nc(SCc1cccc([N+](=O)[O-])c1)n2Cc1ccccn1. The minimum Gasteiger partial charge on any atom is -0.462 e. The lowest BCUT2D eigenvalue weighted by atomic mass is 10.2. The Bertz CT molecular complexity index is 1270. The van der Waals surface area contributed by atoms with E-state index in [1.807, 2.05) is 34.9 Å². The lowest BCUT2D eigenvalue weighted by molar-refractivity contribution is -0.384. The fraction of sp³-hybridized carbons (Fsp3) is 0.174. The lowest BCUT2D eigenvalue weighted by Gasteiger charge is -2.09. The standard InChI is InChI=1S/C23H20N4O4S/c1-2-31-22(28)17-9-10-21-20(13-17)25-23(26(21)14-18-7-3-4-11-24-18)32-15-16-6-5-8-19(12-16)27(29)30/h3-13H,2,14-15H2,1H3. The van der Waals surface area contributed by atoms with E-state index in [9.17, 15) is 14.9 Å². The molecule has 0 spiro atoms. The summed E-state index contributed by atoms with van der Waals surface area (Å²) in [6, 6.07) is 17.6. The van der Waals surface area contributed by atoms with Crippen LogP contribution in [0.1, 0.15) is 28.5 Å². The summed E-state index contributed by atoms with van der Waals surface area (Å²) in [4.78, 5) is 32.0. The average Bonchev–Trinajstić information content (AvgIpc) is 3.15. The first-order valence-corrected chi connectivity index (χ1v) is 11.0. The molecule has 0 unspecified atom stereocenters. The number of hydrogen-bond donors (Lipinski definition) is 0. The molecule has 0 saturated carbocycles. The maximum atomic E-state index is 12.1. The van der Waals surface area contributed by atoms with Crippen LogP contribution in [0, 0.1) is 10.1 Å². The zero-order valence-corrected chi connectivity index (χ0v) is 18.1. The van der Waals surface area contributed by atoms with E-state index < -0.39 is 4.92 Å². The average molecular weight is 449 g/mol. The highest BCUT2D eigenvalue weighted by Gasteiger charge is 2.16. The van der Waals surface area contributed by atoms with Gasteiger partial charge in [0, 0.05) is 24.1 Å². The maximum Gasteiger partial charge on any atom is 0.338 e. The molecular weight excluding hydrogens is 428 g/mol. The molecule has 0 aliphatic heterocycles. The number of fused-ring (bicyclic) bond motifs is 1. The predicted molar refractivity (Wildman–Crippen MR) is 122 cm³/mol. The molecule has 4 aromatic rings. The third-order valence-corrected chi connectivity index (χ3v) is 5.81. The zero-order valence-electron chi connectivity index (χ0n) is 17.3. The molecule has 0 aliphatic rings. The number of imidazole rings is 1. The fourth-order valence-electron chi connectivity index (χ4n) is 3.27. The van der Waals surface area contributed by atoms with Gasteiger partial charge in [-0.2, -0.15) is 0 Å². The fourth-order valence-corrected chi connectivity index (χ4v) is 4.23. The van der Waals surface area contributed by atoms with Crippen LogP contribution in [0.25, 0.3) is 11.0 Å². The summed E-state index contributed by atoms with van der Waals surface area (Å²) in [5.74, 6) is 0.122. The van der Waals surface area contributed by atoms with Crippen LogP contribution >= 0.6 is 11.8 Å². The number of nitro groups is 1. The van der Waals surface area contributed by atoms with E-state index in [0.29, 0.717) is 30.0 Å². The quantitative estimate of drug-likeness (QED) is 0.164. The number of non-ortho nitro benzene ring substituents is 1. The molecular formula is C23H20N4O4S. The summed E-state index contributed by atoms with van der Waals surface area (Å²) >= 11 is 1.48. The molecule has 4 rings (SSSR count). The van der Waals surface area contributed by atoms with Crippen LogP contribution in [-0.4, -0.2) is 32.0 Å². The summed E-state index contributed by atoms with van der Waals surface area (Å²) in [6.45, 7) is 2.57. The molecule has 0 bridgehead atoms. The van der Waals surface area contributed by atoms with E-state index in [-0.39, 0.29) is 11.7 Å². The molecule has 0 saturated heterocycles. The molecule has 2 aromatic carbocycles. The second kappa shape index (κ2) is 9.61. The van der Waals surface area contributed by atoms with Crippen LogP contribution < -0.4 is 0 Å². The summed E-state index contributed by atoms with van der Waals surface area (Å²) in [7, 11) is 0. The van der Waals surface area contributed by atoms with Gasteiger partial charge < -0.3 is 9.30 Å². The van der Waals surface area contributed by atoms with Gasteiger partial charge in [-0.1, -0.05) is 30.0 Å². The minimum atomic E-state index is -0.401. The van der Waals surface area contributed by atoms with Crippen molar-refractivity contribution in [3.63, 3.8) is 0 Å². The van der Waals surface area contributed by atoms with Crippen LogP contribution in [0.2, 0.25) is 0 Å². The number of carbonyl (C=O) groups excluding carboxylic acids is 1. The highest BCUT2D eigenvalue weighted by molar-refractivity contribution is 7.98. The first kappa shape index (κ1) is 21.5. The highest BCUT2D eigenvalue weighted by atomic mass is 32.2. The first-order valence-electron chi connectivity index (χ1n) is 9.98. The van der Waals surface area contributed by atoms with Crippen LogP contribution in [0.4, 0.5) is 5.69 Å². The third kappa shape index (κ3) is 4.78. The Morgan fingerprint density at radius 1 is 1.16 bits per heavy atom. The second-order valence-corrected chi connectivity index (χ2v) is 7.88. The number of aromatic nitrogens is 3. The van der Waals surface area contributed by atoms with Crippen LogP contribution in [0.3, 0.4) is 0 Å². The van der Waals surface area contributed by atoms with Gasteiger partial charge in [-0.3, -0.25) is 15.1 Å². The van der Waals surface area contributed by atoms with Gasteiger partial charge >= 0.3 is 5.97 Å². The Kier molecular flexibility index (Phi) is 6.46. The molecule has 0 fully saturated rings. The Balaban J connectivity index is 1.68. The molecule has 32 heavy (non-hydrogen) atoms. The maximum absolute atomic E-state index is 12.1. The number of thioether (sulfide) groups is 1. The lowest BCUT2D eigenvalue weighted by Crippen LogP contribution is -2.05. The smallest absolute Gasteiger partial charge is 0.338 e. The van der Waals surface area contributed by atoms with E-state index in [2.05, 4.69) is 4.98 Å². The van der Waals surface area contributed by atoms with Crippen molar-refractivity contribution in [2.45, 2.75) is 24.4 Å². The van der Waals surface area contributed by atoms with E-state index in [4.69, 9.17) is 9.72 Å². The van der Waals surface area contributed by atoms with Crippen molar-refractivity contribution in [2.75, 3.05) is 6.61 Å². The molecule has 9 heteroatoms. The van der Waals surface area contributed by atoms with Crippen molar-refractivity contribution >= 4 is 34.5 Å². The van der Waals surface area contributed by atoms with Gasteiger partial charge in [0.05, 0.1) is 40.4 Å². The Hall–Kier alpha value is -3.72. The van der Waals surface area contributed by atoms with Gasteiger partial charge in [0.25, 0.3) is 5.69 Å². The molecule has 0 atom stereocenters. The van der Waals surface area contributed by atoms with Gasteiger partial charge in [-0.05, 0) is 42.8 Å². The van der Waals surface area contributed by atoms with Gasteiger partial charge in [0.1, 0.15) is 0 Å². The molecule has 162 valence electrons. The van der Waals surface area contributed by atoms with Crippen molar-refractivity contribution in [1.29, 1.82) is 0 Å². The molecule has 0 radical (unpaired) electrons. The summed E-state index contributed by atoms with van der Waals surface area (Å²) in [5, 5.41) is 11.8. The zero-order chi connectivity index (χ0) is 22.5. The molecule has 0 N–H and O–H groups in total. The predicted octanol–water partition coefficient (Wildman–Crippen LogP) is 4.86.